The van der Waals surface area contributed by atoms with Crippen LogP contribution in [0.4, 0.5) is 0 Å². The number of aryl methyl sites for hydroxylation is 1. The van der Waals surface area contributed by atoms with Crippen molar-refractivity contribution in [2.45, 2.75) is 24.7 Å². The molecule has 0 amide bonds. The van der Waals surface area contributed by atoms with Crippen LogP contribution in [-0.4, -0.2) is 18.3 Å². The van der Waals surface area contributed by atoms with E-state index < -0.39 is 0 Å². The van der Waals surface area contributed by atoms with E-state index in [0.717, 1.165) is 24.8 Å². The van der Waals surface area contributed by atoms with Crippen LogP contribution in [0.15, 0.2) is 60.7 Å². The van der Waals surface area contributed by atoms with Gasteiger partial charge in [0.1, 0.15) is 0 Å². The molecule has 2 heteroatoms. The summed E-state index contributed by atoms with van der Waals surface area (Å²) in [5, 5.41) is 9.85. The van der Waals surface area contributed by atoms with Crippen molar-refractivity contribution in [3.8, 4) is 0 Å². The van der Waals surface area contributed by atoms with E-state index in [9.17, 15) is 5.11 Å². The van der Waals surface area contributed by atoms with Crippen molar-refractivity contribution in [1.82, 2.24) is 0 Å². The number of rotatable bonds is 7. The Bertz CT molecular complexity index is 491. The van der Waals surface area contributed by atoms with E-state index in [1.807, 2.05) is 24.3 Å². The van der Waals surface area contributed by atoms with Crippen LogP contribution in [0.5, 0.6) is 0 Å². The normalized spacial score (nSPS) is 13.9. The van der Waals surface area contributed by atoms with Gasteiger partial charge in [0.05, 0.1) is 6.61 Å². The molecule has 0 aliphatic rings. The molecule has 2 nitrogen and oxygen atoms in total. The summed E-state index contributed by atoms with van der Waals surface area (Å²) in [6.07, 6.45) is 2.95. The first kappa shape index (κ1) is 14.8. The monoisotopic (exact) mass is 269 g/mol. The van der Waals surface area contributed by atoms with Gasteiger partial charge in [0, 0.05) is 12.0 Å². The third-order valence-corrected chi connectivity index (χ3v) is 4.04. The zero-order valence-electron chi connectivity index (χ0n) is 11.8. The molecule has 0 spiro atoms. The zero-order chi connectivity index (χ0) is 14.3. The van der Waals surface area contributed by atoms with Gasteiger partial charge in [-0.25, -0.2) is 0 Å². The van der Waals surface area contributed by atoms with E-state index >= 15 is 0 Å². The summed E-state index contributed by atoms with van der Waals surface area (Å²) in [4.78, 5) is 0. The van der Waals surface area contributed by atoms with Crippen LogP contribution in [0.3, 0.4) is 0 Å². The Morgan fingerprint density at radius 2 is 1.50 bits per heavy atom. The molecule has 3 N–H and O–H groups in total. The number of aliphatic hydroxyl groups excluding tert-OH is 1. The fourth-order valence-corrected chi connectivity index (χ4v) is 2.67. The third-order valence-electron chi connectivity index (χ3n) is 4.04. The summed E-state index contributed by atoms with van der Waals surface area (Å²) in [5.74, 6) is 0. The molecular weight excluding hydrogens is 246 g/mol. The number of hydrogen-bond acceptors (Lipinski definition) is 2. The second kappa shape index (κ2) is 7.22. The largest absolute Gasteiger partial charge is 0.395 e. The van der Waals surface area contributed by atoms with Crippen LogP contribution >= 0.6 is 0 Å². The van der Waals surface area contributed by atoms with Crippen LogP contribution in [0.25, 0.3) is 0 Å². The van der Waals surface area contributed by atoms with Gasteiger partial charge < -0.3 is 10.8 Å². The lowest BCUT2D eigenvalue weighted by molar-refractivity contribution is 0.186. The fourth-order valence-electron chi connectivity index (χ4n) is 2.67. The van der Waals surface area contributed by atoms with Gasteiger partial charge in [0.15, 0.2) is 0 Å². The third kappa shape index (κ3) is 3.47. The van der Waals surface area contributed by atoms with Crippen LogP contribution in [0.2, 0.25) is 0 Å². The Hall–Kier alpha value is -1.64. The molecule has 0 aliphatic heterocycles. The quantitative estimate of drug-likeness (QED) is 0.812. The van der Waals surface area contributed by atoms with Crippen molar-refractivity contribution in [3.63, 3.8) is 0 Å². The minimum atomic E-state index is -0.309. The molecular formula is C18H23NO. The van der Waals surface area contributed by atoms with Crippen molar-refractivity contribution in [2.75, 3.05) is 13.2 Å². The summed E-state index contributed by atoms with van der Waals surface area (Å²) < 4.78 is 0. The average Bonchev–Trinajstić information content (AvgIpc) is 2.54. The molecule has 106 valence electrons. The highest BCUT2D eigenvalue weighted by atomic mass is 16.3. The van der Waals surface area contributed by atoms with E-state index in [0.29, 0.717) is 6.54 Å². The first-order chi connectivity index (χ1) is 9.80. The maximum absolute atomic E-state index is 9.85. The molecule has 0 saturated carbocycles. The van der Waals surface area contributed by atoms with Crippen molar-refractivity contribution in [1.29, 1.82) is 0 Å². The number of hydrogen-bond donors (Lipinski definition) is 2. The number of benzene rings is 2. The smallest absolute Gasteiger partial charge is 0.0540 e. The lowest BCUT2D eigenvalue weighted by atomic mass is 9.77. The molecule has 0 heterocycles. The SMILES string of the molecule is NCC(CO)(CCCc1ccccc1)c1ccccc1. The van der Waals surface area contributed by atoms with Crippen LogP contribution in [0, 0.1) is 0 Å². The molecule has 0 fully saturated rings. The molecule has 2 aromatic rings. The highest BCUT2D eigenvalue weighted by Crippen LogP contribution is 2.28. The van der Waals surface area contributed by atoms with Gasteiger partial charge in [-0.1, -0.05) is 60.7 Å². The molecule has 0 aromatic heterocycles. The molecule has 2 rings (SSSR count). The average molecular weight is 269 g/mol. The fraction of sp³-hybridized carbons (Fsp3) is 0.333. The number of nitrogens with two attached hydrogens (primary N) is 1. The zero-order valence-corrected chi connectivity index (χ0v) is 11.8. The topological polar surface area (TPSA) is 46.2 Å². The van der Waals surface area contributed by atoms with E-state index in [2.05, 4.69) is 36.4 Å². The van der Waals surface area contributed by atoms with Crippen LogP contribution in [-0.2, 0) is 11.8 Å². The summed E-state index contributed by atoms with van der Waals surface area (Å²) in [7, 11) is 0. The predicted molar refractivity (Wildman–Crippen MR) is 83.6 cm³/mol. The highest BCUT2D eigenvalue weighted by Gasteiger charge is 2.29. The van der Waals surface area contributed by atoms with Crippen molar-refractivity contribution >= 4 is 0 Å². The van der Waals surface area contributed by atoms with Gasteiger partial charge in [-0.05, 0) is 30.4 Å². The first-order valence-corrected chi connectivity index (χ1v) is 7.21. The van der Waals surface area contributed by atoms with Gasteiger partial charge in [-0.2, -0.15) is 0 Å². The van der Waals surface area contributed by atoms with Gasteiger partial charge in [0.25, 0.3) is 0 Å². The summed E-state index contributed by atoms with van der Waals surface area (Å²) in [5.41, 5.74) is 8.13. The lowest BCUT2D eigenvalue weighted by Crippen LogP contribution is -2.39. The molecule has 0 saturated heterocycles. The van der Waals surface area contributed by atoms with Gasteiger partial charge >= 0.3 is 0 Å². The standard InChI is InChI=1S/C18H23NO/c19-14-18(15-20,17-11-5-2-6-12-17)13-7-10-16-8-3-1-4-9-16/h1-6,8-9,11-12,20H,7,10,13-15,19H2. The second-order valence-corrected chi connectivity index (χ2v) is 5.35. The Kier molecular flexibility index (Phi) is 5.33. The molecule has 0 aliphatic carbocycles. The van der Waals surface area contributed by atoms with Crippen LogP contribution < -0.4 is 5.73 Å². The summed E-state index contributed by atoms with van der Waals surface area (Å²) in [6, 6.07) is 20.6. The molecule has 1 unspecified atom stereocenters. The first-order valence-electron chi connectivity index (χ1n) is 7.21. The van der Waals surface area contributed by atoms with E-state index in [4.69, 9.17) is 5.73 Å². The maximum atomic E-state index is 9.85. The van der Waals surface area contributed by atoms with E-state index in [-0.39, 0.29) is 12.0 Å². The molecule has 0 bridgehead atoms. The number of aliphatic hydroxyl groups is 1. The maximum Gasteiger partial charge on any atom is 0.0540 e. The second-order valence-electron chi connectivity index (χ2n) is 5.35. The summed E-state index contributed by atoms with van der Waals surface area (Å²) >= 11 is 0. The van der Waals surface area contributed by atoms with Crippen molar-refractivity contribution in [3.05, 3.63) is 71.8 Å². The molecule has 1 atom stereocenters. The van der Waals surface area contributed by atoms with Crippen molar-refractivity contribution < 1.29 is 5.11 Å². The molecule has 0 radical (unpaired) electrons. The van der Waals surface area contributed by atoms with E-state index in [1.54, 1.807) is 0 Å². The van der Waals surface area contributed by atoms with Gasteiger partial charge in [-0.15, -0.1) is 0 Å². The Morgan fingerprint density at radius 1 is 0.900 bits per heavy atom. The Morgan fingerprint density at radius 3 is 2.05 bits per heavy atom. The highest BCUT2D eigenvalue weighted by molar-refractivity contribution is 5.26. The van der Waals surface area contributed by atoms with Gasteiger partial charge in [-0.3, -0.25) is 0 Å². The summed E-state index contributed by atoms with van der Waals surface area (Å²) in [6.45, 7) is 0.574. The lowest BCUT2D eigenvalue weighted by Gasteiger charge is -2.31. The molecule has 20 heavy (non-hydrogen) atoms. The minimum absolute atomic E-state index is 0.0995. The van der Waals surface area contributed by atoms with Gasteiger partial charge in [0.2, 0.25) is 0 Å². The predicted octanol–water partition coefficient (Wildman–Crippen LogP) is 2.90. The van der Waals surface area contributed by atoms with Crippen LogP contribution in [0.1, 0.15) is 24.0 Å². The van der Waals surface area contributed by atoms with Crippen molar-refractivity contribution in [2.24, 2.45) is 5.73 Å². The Balaban J connectivity index is 2.03. The van der Waals surface area contributed by atoms with E-state index in [1.165, 1.54) is 5.56 Å². The molecule has 2 aromatic carbocycles. The minimum Gasteiger partial charge on any atom is -0.395 e. The Labute approximate surface area is 121 Å².